The zero-order chi connectivity index (χ0) is 21.6. The van der Waals surface area contributed by atoms with Gasteiger partial charge in [0.05, 0.1) is 20.4 Å². The van der Waals surface area contributed by atoms with E-state index in [4.69, 9.17) is 16.4 Å². The van der Waals surface area contributed by atoms with Crippen molar-refractivity contribution in [2.24, 2.45) is 0 Å². The Morgan fingerprint density at radius 3 is 2.53 bits per heavy atom. The van der Waals surface area contributed by atoms with Crippen molar-refractivity contribution in [1.29, 1.82) is 4.78 Å². The lowest BCUT2D eigenvalue weighted by Crippen LogP contribution is -2.16. The number of halogens is 3. The Balaban J connectivity index is 1.78. The van der Waals surface area contributed by atoms with Crippen LogP contribution >= 0.6 is 11.6 Å². The first kappa shape index (κ1) is 20.7. The fraction of sp³-hybridized carbons (Fsp3) is 0.300. The number of aromatic amines is 1. The molecule has 2 aromatic heterocycles. The Morgan fingerprint density at radius 2 is 1.93 bits per heavy atom. The first-order valence-corrected chi connectivity index (χ1v) is 11.7. The maximum Gasteiger partial charge on any atom is 0.156 e. The van der Waals surface area contributed by atoms with E-state index < -0.39 is 21.6 Å². The van der Waals surface area contributed by atoms with Gasteiger partial charge >= 0.3 is 0 Å². The van der Waals surface area contributed by atoms with Gasteiger partial charge in [-0.3, -0.25) is 0 Å². The van der Waals surface area contributed by atoms with Crippen LogP contribution in [0.15, 0.2) is 35.4 Å². The number of aryl methyl sites for hydroxylation is 1. The van der Waals surface area contributed by atoms with Gasteiger partial charge in [0, 0.05) is 17.9 Å². The van der Waals surface area contributed by atoms with Gasteiger partial charge in [0.15, 0.2) is 5.03 Å². The summed E-state index contributed by atoms with van der Waals surface area (Å²) in [7, 11) is -3.05. The van der Waals surface area contributed by atoms with Crippen LogP contribution in [0.3, 0.4) is 0 Å². The molecule has 4 rings (SSSR count). The minimum atomic E-state index is -3.05. The summed E-state index contributed by atoms with van der Waals surface area (Å²) in [6.45, 7) is 1.68. The summed E-state index contributed by atoms with van der Waals surface area (Å²) in [6, 6.07) is 6.46. The molecule has 3 N–H and O–H groups in total. The van der Waals surface area contributed by atoms with Crippen molar-refractivity contribution in [3.05, 3.63) is 69.8 Å². The number of nitrogens with one attached hydrogen (secondary N) is 3. The van der Waals surface area contributed by atoms with Gasteiger partial charge in [0.1, 0.15) is 29.3 Å². The number of pyridine rings is 1. The van der Waals surface area contributed by atoms with Crippen molar-refractivity contribution in [3.8, 4) is 0 Å². The van der Waals surface area contributed by atoms with Crippen LogP contribution in [-0.2, 0) is 9.73 Å². The number of H-pyrrole nitrogens is 1. The highest BCUT2D eigenvalue weighted by atomic mass is 35.5. The van der Waals surface area contributed by atoms with E-state index in [9.17, 15) is 13.0 Å². The second-order valence-electron chi connectivity index (χ2n) is 7.48. The van der Waals surface area contributed by atoms with Crippen molar-refractivity contribution >= 4 is 27.1 Å². The molecule has 1 unspecified atom stereocenters. The van der Waals surface area contributed by atoms with Gasteiger partial charge in [-0.1, -0.05) is 17.7 Å². The molecule has 10 heteroatoms. The average molecular weight is 452 g/mol. The molecule has 0 aliphatic heterocycles. The fourth-order valence-electron chi connectivity index (χ4n) is 3.31. The van der Waals surface area contributed by atoms with Crippen molar-refractivity contribution in [3.63, 3.8) is 0 Å². The molecule has 0 saturated heterocycles. The number of imidazole rings is 1. The number of aromatic nitrogens is 3. The van der Waals surface area contributed by atoms with Gasteiger partial charge in [-0.2, -0.15) is 0 Å². The molecule has 0 amide bonds. The second kappa shape index (κ2) is 7.63. The quantitative estimate of drug-likeness (QED) is 0.482. The monoisotopic (exact) mass is 451 g/mol. The summed E-state index contributed by atoms with van der Waals surface area (Å²) in [6.07, 6.45) is 3.10. The van der Waals surface area contributed by atoms with E-state index in [-0.39, 0.29) is 21.8 Å². The lowest BCUT2D eigenvalue weighted by Gasteiger charge is -2.19. The first-order chi connectivity index (χ1) is 14.1. The highest BCUT2D eigenvalue weighted by molar-refractivity contribution is 7.91. The maximum atomic E-state index is 14.1. The summed E-state index contributed by atoms with van der Waals surface area (Å²) in [4.78, 5) is 11.8. The zero-order valence-electron chi connectivity index (χ0n) is 16.3. The van der Waals surface area contributed by atoms with Crippen LogP contribution in [-0.4, -0.2) is 25.4 Å². The third-order valence-electron chi connectivity index (χ3n) is 4.91. The molecule has 1 aliphatic rings. The Hall–Kier alpha value is -2.52. The fourth-order valence-corrected chi connectivity index (χ4v) is 4.41. The predicted octanol–water partition coefficient (Wildman–Crippen LogP) is 5.16. The highest BCUT2D eigenvalue weighted by Gasteiger charge is 2.29. The van der Waals surface area contributed by atoms with Gasteiger partial charge in [0.25, 0.3) is 0 Å². The molecular weight excluding hydrogens is 432 g/mol. The standard InChI is InChI=1S/C20H20ClF2N5OS/c1-10-20(30(2,24)29)28-19(25-10)18(12-5-6-14(22)13(21)9-12)27-16-8-7-15(23)17(26-16)11-3-4-11/h5-9,11,18,24H,3-4H2,1-2H3,(H,25,28)(H,26,27)/t18?,30-/m1/s1. The molecule has 0 bridgehead atoms. The molecule has 6 nitrogen and oxygen atoms in total. The number of anilines is 1. The average Bonchev–Trinajstić information content (AvgIpc) is 3.44. The Kier molecular flexibility index (Phi) is 5.27. The Morgan fingerprint density at radius 1 is 1.23 bits per heavy atom. The smallest absolute Gasteiger partial charge is 0.156 e. The SMILES string of the molecule is Cc1[nH]c(C(Nc2ccc(F)c(C3CC3)n2)c2ccc(F)c(Cl)c2)nc1[S@](C)(=N)=O. The molecule has 0 spiro atoms. The normalized spacial score (nSPS) is 16.8. The molecule has 30 heavy (non-hydrogen) atoms. The van der Waals surface area contributed by atoms with Crippen LogP contribution in [0.5, 0.6) is 0 Å². The molecule has 1 aromatic carbocycles. The molecule has 1 fully saturated rings. The van der Waals surface area contributed by atoms with E-state index in [1.807, 2.05) is 0 Å². The van der Waals surface area contributed by atoms with E-state index in [0.29, 0.717) is 28.6 Å². The van der Waals surface area contributed by atoms with Gasteiger partial charge in [-0.25, -0.2) is 27.7 Å². The van der Waals surface area contributed by atoms with E-state index in [2.05, 4.69) is 20.3 Å². The van der Waals surface area contributed by atoms with E-state index in [1.54, 1.807) is 13.0 Å². The van der Waals surface area contributed by atoms with Crippen molar-refractivity contribution in [1.82, 2.24) is 15.0 Å². The van der Waals surface area contributed by atoms with E-state index >= 15 is 0 Å². The molecule has 0 radical (unpaired) electrons. The molecule has 1 saturated carbocycles. The number of benzene rings is 1. The summed E-state index contributed by atoms with van der Waals surface area (Å²) in [5.41, 5.74) is 1.49. The summed E-state index contributed by atoms with van der Waals surface area (Å²) in [5, 5.41) is 3.27. The third-order valence-corrected chi connectivity index (χ3v) is 6.33. The zero-order valence-corrected chi connectivity index (χ0v) is 17.9. The molecular formula is C20H20ClF2N5OS. The Labute approximate surface area is 178 Å². The van der Waals surface area contributed by atoms with Crippen LogP contribution in [0.1, 0.15) is 47.6 Å². The van der Waals surface area contributed by atoms with Crippen LogP contribution in [0.25, 0.3) is 0 Å². The van der Waals surface area contributed by atoms with E-state index in [1.165, 1.54) is 30.5 Å². The lowest BCUT2D eigenvalue weighted by atomic mass is 10.1. The molecule has 158 valence electrons. The largest absolute Gasteiger partial charge is 0.356 e. The first-order valence-electron chi connectivity index (χ1n) is 9.31. The Bertz CT molecular complexity index is 1220. The van der Waals surface area contributed by atoms with Crippen molar-refractivity contribution < 1.29 is 13.0 Å². The van der Waals surface area contributed by atoms with Crippen LogP contribution in [0.2, 0.25) is 5.02 Å². The lowest BCUT2D eigenvalue weighted by molar-refractivity contribution is 0.600. The minimum absolute atomic E-state index is 0.0617. The number of hydrogen-bond acceptors (Lipinski definition) is 5. The molecule has 2 atom stereocenters. The van der Waals surface area contributed by atoms with Gasteiger partial charge in [-0.15, -0.1) is 0 Å². The summed E-state index contributed by atoms with van der Waals surface area (Å²) >= 11 is 5.98. The number of rotatable bonds is 6. The second-order valence-corrected chi connectivity index (χ2v) is 9.97. The topological polar surface area (TPSA) is 94.5 Å². The molecule has 2 heterocycles. The third kappa shape index (κ3) is 4.17. The number of nitrogens with zero attached hydrogens (tertiary/aromatic N) is 2. The van der Waals surface area contributed by atoms with Crippen molar-refractivity contribution in [2.45, 2.75) is 36.8 Å². The summed E-state index contributed by atoms with van der Waals surface area (Å²) in [5.74, 6) is -0.000749. The van der Waals surface area contributed by atoms with Crippen LogP contribution < -0.4 is 5.32 Å². The highest BCUT2D eigenvalue weighted by Crippen LogP contribution is 2.41. The minimum Gasteiger partial charge on any atom is -0.356 e. The predicted molar refractivity (Wildman–Crippen MR) is 111 cm³/mol. The maximum absolute atomic E-state index is 14.1. The van der Waals surface area contributed by atoms with Crippen molar-refractivity contribution in [2.75, 3.05) is 11.6 Å². The van der Waals surface area contributed by atoms with Gasteiger partial charge < -0.3 is 10.3 Å². The van der Waals surface area contributed by atoms with Crippen LogP contribution in [0, 0.1) is 23.3 Å². The number of hydrogen-bond donors (Lipinski definition) is 3. The molecule has 3 aromatic rings. The van der Waals surface area contributed by atoms with E-state index in [0.717, 1.165) is 12.8 Å². The summed E-state index contributed by atoms with van der Waals surface area (Å²) < 4.78 is 47.9. The van der Waals surface area contributed by atoms with Crippen LogP contribution in [0.4, 0.5) is 14.6 Å². The van der Waals surface area contributed by atoms with Gasteiger partial charge in [0.2, 0.25) is 0 Å². The van der Waals surface area contributed by atoms with Gasteiger partial charge in [-0.05, 0) is 49.6 Å². The molecule has 1 aliphatic carbocycles.